The van der Waals surface area contributed by atoms with Crippen LogP contribution in [0.25, 0.3) is 0 Å². The molecule has 1 aromatic rings. The molecule has 0 saturated carbocycles. The first-order valence-corrected chi connectivity index (χ1v) is 5.75. The van der Waals surface area contributed by atoms with Crippen molar-refractivity contribution in [3.05, 3.63) is 6.33 Å². The Morgan fingerprint density at radius 1 is 1.37 bits per heavy atom. The van der Waals surface area contributed by atoms with E-state index < -0.39 is 12.6 Å². The Hall–Kier alpha value is -1.73. The summed E-state index contributed by atoms with van der Waals surface area (Å²) < 4.78 is 41.9. The molecule has 0 unspecified atom stereocenters. The monoisotopic (exact) mass is 278 g/mol. The molecule has 0 aliphatic rings. The summed E-state index contributed by atoms with van der Waals surface area (Å²) in [4.78, 5) is 9.08. The largest absolute Gasteiger partial charge is 0.473 e. The van der Waals surface area contributed by atoms with Gasteiger partial charge in [-0.15, -0.1) is 0 Å². The predicted molar refractivity (Wildman–Crippen MR) is 66.2 cm³/mol. The van der Waals surface area contributed by atoms with Crippen LogP contribution in [0.1, 0.15) is 20.3 Å². The molecule has 0 spiro atoms. The van der Waals surface area contributed by atoms with E-state index in [9.17, 15) is 13.2 Å². The summed E-state index contributed by atoms with van der Waals surface area (Å²) >= 11 is 0. The highest BCUT2D eigenvalue weighted by molar-refractivity contribution is 5.67. The van der Waals surface area contributed by atoms with E-state index in [1.165, 1.54) is 18.3 Å². The second-order valence-corrected chi connectivity index (χ2v) is 4.37. The zero-order chi connectivity index (χ0) is 14.6. The van der Waals surface area contributed by atoms with E-state index in [1.54, 1.807) is 13.8 Å². The van der Waals surface area contributed by atoms with Crippen molar-refractivity contribution in [2.45, 2.75) is 32.5 Å². The van der Waals surface area contributed by atoms with Crippen molar-refractivity contribution < 1.29 is 17.9 Å². The maximum absolute atomic E-state index is 12.2. The van der Waals surface area contributed by atoms with Crippen molar-refractivity contribution in [2.24, 2.45) is 0 Å². The number of hydrogen-bond acceptors (Lipinski definition) is 5. The molecule has 5 nitrogen and oxygen atoms in total. The van der Waals surface area contributed by atoms with E-state index in [1.807, 2.05) is 0 Å². The molecule has 0 aliphatic carbocycles. The number of nitrogens with zero attached hydrogens (tertiary/aromatic N) is 3. The van der Waals surface area contributed by atoms with Gasteiger partial charge in [0.15, 0.2) is 5.82 Å². The van der Waals surface area contributed by atoms with Crippen LogP contribution in [0.15, 0.2) is 6.33 Å². The zero-order valence-electron chi connectivity index (χ0n) is 11.0. The summed E-state index contributed by atoms with van der Waals surface area (Å²) in [5, 5.41) is 0. The van der Waals surface area contributed by atoms with Gasteiger partial charge in [0.05, 0.1) is 12.5 Å². The Bertz CT molecular complexity index is 423. The highest BCUT2D eigenvalue weighted by Crippen LogP contribution is 2.29. The molecule has 19 heavy (non-hydrogen) atoms. The molecule has 2 N–H and O–H groups in total. The lowest BCUT2D eigenvalue weighted by Gasteiger charge is -2.21. The number of anilines is 2. The van der Waals surface area contributed by atoms with Crippen LogP contribution in [0, 0.1) is 0 Å². The maximum atomic E-state index is 12.2. The SMILES string of the molecule is CC(C)Oc1ncnc(N(C)CCC(F)(F)F)c1N. The highest BCUT2D eigenvalue weighted by Gasteiger charge is 2.28. The first kappa shape index (κ1) is 15.3. The summed E-state index contributed by atoms with van der Waals surface area (Å²) in [5.41, 5.74) is 5.94. The number of nitrogen functional groups attached to an aromatic ring is 1. The number of aromatic nitrogens is 2. The normalized spacial score (nSPS) is 11.7. The third kappa shape index (κ3) is 4.80. The van der Waals surface area contributed by atoms with Gasteiger partial charge >= 0.3 is 6.18 Å². The lowest BCUT2D eigenvalue weighted by Crippen LogP contribution is -2.26. The minimum Gasteiger partial charge on any atom is -0.473 e. The quantitative estimate of drug-likeness (QED) is 0.894. The molecule has 0 aliphatic heterocycles. The van der Waals surface area contributed by atoms with Crippen LogP contribution in [0.3, 0.4) is 0 Å². The molecule has 0 aromatic carbocycles. The number of ether oxygens (including phenoxy) is 1. The van der Waals surface area contributed by atoms with E-state index in [2.05, 4.69) is 9.97 Å². The lowest BCUT2D eigenvalue weighted by molar-refractivity contribution is -0.132. The van der Waals surface area contributed by atoms with E-state index in [0.29, 0.717) is 0 Å². The molecule has 0 amide bonds. The van der Waals surface area contributed by atoms with Crippen molar-refractivity contribution in [3.8, 4) is 5.88 Å². The van der Waals surface area contributed by atoms with Gasteiger partial charge in [-0.25, -0.2) is 4.98 Å². The van der Waals surface area contributed by atoms with Crippen LogP contribution in [0.2, 0.25) is 0 Å². The average Bonchev–Trinajstić information content (AvgIpc) is 2.27. The van der Waals surface area contributed by atoms with Crippen molar-refractivity contribution in [1.82, 2.24) is 9.97 Å². The van der Waals surface area contributed by atoms with Crippen LogP contribution in [0.4, 0.5) is 24.7 Å². The fourth-order valence-corrected chi connectivity index (χ4v) is 1.39. The standard InChI is InChI=1S/C11H17F3N4O/c1-7(2)19-10-8(15)9(16-6-17-10)18(3)5-4-11(12,13)14/h6-7H,4-5,15H2,1-3H3. The van der Waals surface area contributed by atoms with Crippen LogP contribution >= 0.6 is 0 Å². The molecule has 108 valence electrons. The topological polar surface area (TPSA) is 64.3 Å². The second-order valence-electron chi connectivity index (χ2n) is 4.37. The minimum atomic E-state index is -4.21. The first-order chi connectivity index (χ1) is 8.70. The van der Waals surface area contributed by atoms with E-state index in [4.69, 9.17) is 10.5 Å². The van der Waals surface area contributed by atoms with Gasteiger partial charge in [0.2, 0.25) is 5.88 Å². The number of alkyl halides is 3. The molecular formula is C11H17F3N4O. The van der Waals surface area contributed by atoms with Crippen LogP contribution < -0.4 is 15.4 Å². The van der Waals surface area contributed by atoms with Gasteiger partial charge in [0.1, 0.15) is 12.0 Å². The lowest BCUT2D eigenvalue weighted by atomic mass is 10.3. The molecule has 8 heteroatoms. The van der Waals surface area contributed by atoms with Gasteiger partial charge in [-0.3, -0.25) is 0 Å². The number of hydrogen-bond donors (Lipinski definition) is 1. The van der Waals surface area contributed by atoms with Gasteiger partial charge in [-0.2, -0.15) is 18.2 Å². The molecule has 1 heterocycles. The molecule has 1 rings (SSSR count). The summed E-state index contributed by atoms with van der Waals surface area (Å²) in [6.45, 7) is 3.37. The Balaban J connectivity index is 2.82. The Labute approximate surface area is 109 Å². The van der Waals surface area contributed by atoms with Crippen molar-refractivity contribution >= 4 is 11.5 Å². The molecule has 0 radical (unpaired) electrons. The number of halogens is 3. The molecule has 0 fully saturated rings. The average molecular weight is 278 g/mol. The van der Waals surface area contributed by atoms with E-state index in [0.717, 1.165) is 0 Å². The molecule has 0 bridgehead atoms. The smallest absolute Gasteiger partial charge is 0.390 e. The fraction of sp³-hybridized carbons (Fsp3) is 0.636. The molecule has 0 atom stereocenters. The fourth-order valence-electron chi connectivity index (χ4n) is 1.39. The third-order valence-corrected chi connectivity index (χ3v) is 2.27. The minimum absolute atomic E-state index is 0.134. The van der Waals surface area contributed by atoms with Gasteiger partial charge in [0, 0.05) is 13.6 Å². The van der Waals surface area contributed by atoms with Gasteiger partial charge in [-0.1, -0.05) is 0 Å². The summed E-state index contributed by atoms with van der Waals surface area (Å²) in [7, 11) is 1.49. The summed E-state index contributed by atoms with van der Waals surface area (Å²) in [6.07, 6.45) is -4.07. The van der Waals surface area contributed by atoms with E-state index in [-0.39, 0.29) is 30.0 Å². The van der Waals surface area contributed by atoms with Crippen LogP contribution in [0.5, 0.6) is 5.88 Å². The van der Waals surface area contributed by atoms with Gasteiger partial charge in [0.25, 0.3) is 0 Å². The zero-order valence-corrected chi connectivity index (χ0v) is 11.0. The third-order valence-electron chi connectivity index (χ3n) is 2.27. The number of rotatable bonds is 5. The van der Waals surface area contributed by atoms with Gasteiger partial charge < -0.3 is 15.4 Å². The Kier molecular flexibility index (Phi) is 4.79. The summed E-state index contributed by atoms with van der Waals surface area (Å²) in [6, 6.07) is 0. The Morgan fingerprint density at radius 2 is 2.00 bits per heavy atom. The highest BCUT2D eigenvalue weighted by atomic mass is 19.4. The van der Waals surface area contributed by atoms with Gasteiger partial charge in [-0.05, 0) is 13.8 Å². The predicted octanol–water partition coefficient (Wildman–Crippen LogP) is 2.23. The molecule has 1 aromatic heterocycles. The first-order valence-electron chi connectivity index (χ1n) is 5.75. The summed E-state index contributed by atoms with van der Waals surface area (Å²) in [5.74, 6) is 0.411. The maximum Gasteiger partial charge on any atom is 0.390 e. The van der Waals surface area contributed by atoms with Crippen molar-refractivity contribution in [3.63, 3.8) is 0 Å². The molecular weight excluding hydrogens is 261 g/mol. The van der Waals surface area contributed by atoms with E-state index >= 15 is 0 Å². The number of nitrogens with two attached hydrogens (primary N) is 1. The molecule has 0 saturated heterocycles. The Morgan fingerprint density at radius 3 is 2.53 bits per heavy atom. The van der Waals surface area contributed by atoms with Crippen molar-refractivity contribution in [1.29, 1.82) is 0 Å². The van der Waals surface area contributed by atoms with Crippen molar-refractivity contribution in [2.75, 3.05) is 24.2 Å². The van der Waals surface area contributed by atoms with Crippen LogP contribution in [-0.4, -0.2) is 35.8 Å². The second kappa shape index (κ2) is 5.94. The van der Waals surface area contributed by atoms with Crippen LogP contribution in [-0.2, 0) is 0 Å².